The molecular weight excluding hydrogens is 402 g/mol. The van der Waals surface area contributed by atoms with Crippen LogP contribution in [0.2, 0.25) is 5.02 Å². The molecule has 0 atom stereocenters. The van der Waals surface area contributed by atoms with Crippen LogP contribution in [0.1, 0.15) is 47.2 Å². The number of amides is 2. The Bertz CT molecular complexity index is 1080. The van der Waals surface area contributed by atoms with E-state index in [1.807, 2.05) is 51.1 Å². The number of anilines is 1. The van der Waals surface area contributed by atoms with Crippen molar-refractivity contribution in [2.24, 2.45) is 0 Å². The molecule has 0 saturated carbocycles. The number of carbonyl (C=O) groups excluding carboxylic acids is 2. The molecule has 0 saturated heterocycles. The number of rotatable bonds is 7. The van der Waals surface area contributed by atoms with Crippen LogP contribution in [-0.4, -0.2) is 26.6 Å². The van der Waals surface area contributed by atoms with E-state index in [0.29, 0.717) is 17.9 Å². The third kappa shape index (κ3) is 5.24. The minimum Gasteiger partial charge on any atom is -0.347 e. The Balaban J connectivity index is 1.72. The number of aryl methyl sites for hydroxylation is 2. The van der Waals surface area contributed by atoms with Gasteiger partial charge >= 0.3 is 0 Å². The summed E-state index contributed by atoms with van der Waals surface area (Å²) in [6.07, 6.45) is 1.25. The summed E-state index contributed by atoms with van der Waals surface area (Å²) >= 11 is 6.22. The summed E-state index contributed by atoms with van der Waals surface area (Å²) in [7, 11) is 0. The molecule has 2 N–H and O–H groups in total. The third-order valence-corrected chi connectivity index (χ3v) is 4.72. The first-order chi connectivity index (χ1) is 14.4. The van der Waals surface area contributed by atoms with E-state index in [9.17, 15) is 9.59 Å². The highest BCUT2D eigenvalue weighted by molar-refractivity contribution is 6.33. The molecule has 30 heavy (non-hydrogen) atoms. The molecule has 156 valence electrons. The van der Waals surface area contributed by atoms with Gasteiger partial charge in [0.15, 0.2) is 5.82 Å². The van der Waals surface area contributed by atoms with Gasteiger partial charge in [0, 0.05) is 24.3 Å². The van der Waals surface area contributed by atoms with E-state index in [1.54, 1.807) is 16.8 Å². The summed E-state index contributed by atoms with van der Waals surface area (Å²) < 4.78 is 1.67. The Labute approximate surface area is 180 Å². The smallest absolute Gasteiger partial charge is 0.271 e. The van der Waals surface area contributed by atoms with E-state index in [0.717, 1.165) is 23.4 Å². The van der Waals surface area contributed by atoms with Crippen molar-refractivity contribution < 1.29 is 9.59 Å². The lowest BCUT2D eigenvalue weighted by Crippen LogP contribution is -2.25. The van der Waals surface area contributed by atoms with E-state index in [-0.39, 0.29) is 29.1 Å². The van der Waals surface area contributed by atoms with Gasteiger partial charge < -0.3 is 10.6 Å². The maximum atomic E-state index is 12.7. The normalized spacial score (nSPS) is 10.7. The van der Waals surface area contributed by atoms with Crippen molar-refractivity contribution in [2.45, 2.75) is 40.2 Å². The van der Waals surface area contributed by atoms with Gasteiger partial charge in [0.05, 0.1) is 10.7 Å². The molecule has 0 radical (unpaired) electrons. The Hall–Kier alpha value is -3.19. The van der Waals surface area contributed by atoms with E-state index in [2.05, 4.69) is 20.7 Å². The lowest BCUT2D eigenvalue weighted by Gasteiger charge is -2.10. The fourth-order valence-corrected chi connectivity index (χ4v) is 3.24. The second kappa shape index (κ2) is 9.54. The molecule has 8 heteroatoms. The zero-order valence-corrected chi connectivity index (χ0v) is 18.0. The quantitative estimate of drug-likeness (QED) is 0.593. The van der Waals surface area contributed by atoms with Gasteiger partial charge in [-0.3, -0.25) is 9.59 Å². The molecular formula is C22H24ClN5O2. The number of aromatic nitrogens is 3. The van der Waals surface area contributed by atoms with Crippen LogP contribution >= 0.6 is 11.6 Å². The number of nitrogens with one attached hydrogen (secondary N) is 2. The number of carbonyl (C=O) groups is 2. The molecule has 3 rings (SSSR count). The molecule has 2 aromatic heterocycles. The number of hydrogen-bond acceptors (Lipinski definition) is 4. The second-order valence-corrected chi connectivity index (χ2v) is 7.43. The summed E-state index contributed by atoms with van der Waals surface area (Å²) in [6.45, 7) is 6.04. The van der Waals surface area contributed by atoms with Crippen LogP contribution in [0.5, 0.6) is 0 Å². The van der Waals surface area contributed by atoms with E-state index >= 15 is 0 Å². The predicted molar refractivity (Wildman–Crippen MR) is 117 cm³/mol. The van der Waals surface area contributed by atoms with E-state index in [4.69, 9.17) is 11.6 Å². The fraction of sp³-hybridized carbons (Fsp3) is 0.273. The maximum absolute atomic E-state index is 12.7. The molecule has 0 aliphatic carbocycles. The van der Waals surface area contributed by atoms with Crippen molar-refractivity contribution in [3.05, 3.63) is 70.1 Å². The van der Waals surface area contributed by atoms with Gasteiger partial charge in [-0.1, -0.05) is 30.7 Å². The van der Waals surface area contributed by atoms with Gasteiger partial charge in [0.1, 0.15) is 5.69 Å². The van der Waals surface area contributed by atoms with Crippen molar-refractivity contribution >= 4 is 29.1 Å². The average Bonchev–Trinajstić information content (AvgIpc) is 3.05. The van der Waals surface area contributed by atoms with Crippen molar-refractivity contribution in [3.63, 3.8) is 0 Å². The SMILES string of the molecule is CCCC(=O)Nc1cccc(CNC(=O)c2nc(-n3nc(C)cc3C)ccc2Cl)c1. The van der Waals surface area contributed by atoms with Crippen molar-refractivity contribution in [1.82, 2.24) is 20.1 Å². The number of hydrogen-bond donors (Lipinski definition) is 2. The Morgan fingerprint density at radius 1 is 1.13 bits per heavy atom. The molecule has 3 aromatic rings. The topological polar surface area (TPSA) is 88.9 Å². The summed E-state index contributed by atoms with van der Waals surface area (Å²) in [5.74, 6) is 0.107. The Morgan fingerprint density at radius 3 is 2.63 bits per heavy atom. The molecule has 1 aromatic carbocycles. The van der Waals surface area contributed by atoms with Gasteiger partial charge in [-0.15, -0.1) is 0 Å². The first-order valence-electron chi connectivity index (χ1n) is 9.74. The van der Waals surface area contributed by atoms with Gasteiger partial charge in [-0.25, -0.2) is 9.67 Å². The molecule has 2 amide bonds. The minimum absolute atomic E-state index is 0.0318. The summed E-state index contributed by atoms with van der Waals surface area (Å²) in [5, 5.41) is 10.3. The first kappa shape index (κ1) is 21.5. The van der Waals surface area contributed by atoms with Crippen molar-refractivity contribution in [1.29, 1.82) is 0 Å². The van der Waals surface area contributed by atoms with Crippen molar-refractivity contribution in [2.75, 3.05) is 5.32 Å². The molecule has 0 spiro atoms. The summed E-state index contributed by atoms with van der Waals surface area (Å²) in [6, 6.07) is 12.6. The number of halogens is 1. The van der Waals surface area contributed by atoms with E-state index in [1.165, 1.54) is 0 Å². The molecule has 0 fully saturated rings. The second-order valence-electron chi connectivity index (χ2n) is 7.02. The number of pyridine rings is 1. The monoisotopic (exact) mass is 425 g/mol. The van der Waals surface area contributed by atoms with Crippen molar-refractivity contribution in [3.8, 4) is 5.82 Å². The highest BCUT2D eigenvalue weighted by Crippen LogP contribution is 2.18. The molecule has 2 heterocycles. The summed E-state index contributed by atoms with van der Waals surface area (Å²) in [5.41, 5.74) is 3.46. The lowest BCUT2D eigenvalue weighted by atomic mass is 10.2. The number of nitrogens with zero attached hydrogens (tertiary/aromatic N) is 3. The van der Waals surface area contributed by atoms with Crippen LogP contribution in [0.4, 0.5) is 5.69 Å². The zero-order valence-electron chi connectivity index (χ0n) is 17.2. The highest BCUT2D eigenvalue weighted by atomic mass is 35.5. The Kier molecular flexibility index (Phi) is 6.84. The highest BCUT2D eigenvalue weighted by Gasteiger charge is 2.15. The van der Waals surface area contributed by atoms with Crippen LogP contribution < -0.4 is 10.6 Å². The predicted octanol–water partition coefficient (Wildman–Crippen LogP) is 4.21. The fourth-order valence-electron chi connectivity index (χ4n) is 3.05. The molecule has 7 nitrogen and oxygen atoms in total. The van der Waals surface area contributed by atoms with Gasteiger partial charge in [0.2, 0.25) is 5.91 Å². The maximum Gasteiger partial charge on any atom is 0.271 e. The van der Waals surface area contributed by atoms with Crippen LogP contribution in [0.25, 0.3) is 5.82 Å². The summed E-state index contributed by atoms with van der Waals surface area (Å²) in [4.78, 5) is 28.9. The van der Waals surface area contributed by atoms with Gasteiger partial charge in [0.25, 0.3) is 5.91 Å². The number of benzene rings is 1. The minimum atomic E-state index is -0.385. The molecule has 0 bridgehead atoms. The first-order valence-corrected chi connectivity index (χ1v) is 10.1. The molecule has 0 unspecified atom stereocenters. The van der Waals surface area contributed by atoms with Crippen LogP contribution in [0.3, 0.4) is 0 Å². The average molecular weight is 426 g/mol. The lowest BCUT2D eigenvalue weighted by molar-refractivity contribution is -0.116. The zero-order chi connectivity index (χ0) is 21.7. The van der Waals surface area contributed by atoms with Crippen LogP contribution in [0, 0.1) is 13.8 Å². The standard InChI is InChI=1S/C22H24ClN5O2/c1-4-6-20(29)25-17-8-5-7-16(12-17)13-24-22(30)21-18(23)9-10-19(26-21)28-15(3)11-14(2)27-28/h5,7-12H,4,6,13H2,1-3H3,(H,24,30)(H,25,29). The van der Waals surface area contributed by atoms with Crippen LogP contribution in [-0.2, 0) is 11.3 Å². The van der Waals surface area contributed by atoms with Gasteiger partial charge in [-0.2, -0.15) is 5.10 Å². The van der Waals surface area contributed by atoms with E-state index < -0.39 is 0 Å². The van der Waals surface area contributed by atoms with Crippen LogP contribution in [0.15, 0.2) is 42.5 Å². The largest absolute Gasteiger partial charge is 0.347 e. The van der Waals surface area contributed by atoms with Gasteiger partial charge in [-0.05, 0) is 56.2 Å². The third-order valence-electron chi connectivity index (χ3n) is 4.41. The Morgan fingerprint density at radius 2 is 1.93 bits per heavy atom. The molecule has 0 aliphatic rings. The molecule has 0 aliphatic heterocycles.